The predicted octanol–water partition coefficient (Wildman–Crippen LogP) is 2.92. The summed E-state index contributed by atoms with van der Waals surface area (Å²) in [7, 11) is 0. The molecule has 1 atom stereocenters. The van der Waals surface area contributed by atoms with E-state index in [4.69, 9.17) is 10.5 Å². The number of halogens is 3. The van der Waals surface area contributed by atoms with E-state index in [1.54, 1.807) is 13.8 Å². The molecule has 1 amide bonds. The molecule has 0 spiro atoms. The Labute approximate surface area is 121 Å². The molecule has 0 fully saturated rings. The first-order valence-electron chi connectivity index (χ1n) is 6.62. The molecule has 0 aliphatic carbocycles. The number of alkyl halides is 3. The predicted molar refractivity (Wildman–Crippen MR) is 73.9 cm³/mol. The fourth-order valence-electron chi connectivity index (χ4n) is 1.91. The van der Waals surface area contributed by atoms with Crippen LogP contribution >= 0.6 is 0 Å². The fraction of sp³-hybridized carbons (Fsp3) is 0.500. The van der Waals surface area contributed by atoms with Gasteiger partial charge >= 0.3 is 6.18 Å². The Morgan fingerprint density at radius 1 is 1.33 bits per heavy atom. The minimum Gasteiger partial charge on any atom is -0.480 e. The molecule has 4 nitrogen and oxygen atoms in total. The second-order valence-corrected chi connectivity index (χ2v) is 4.52. The van der Waals surface area contributed by atoms with Crippen LogP contribution in [0.5, 0.6) is 5.75 Å². The van der Waals surface area contributed by atoms with Crippen LogP contribution in [-0.4, -0.2) is 30.0 Å². The summed E-state index contributed by atoms with van der Waals surface area (Å²) in [5, 5.41) is 0. The number of nitrogens with zero attached hydrogens (tertiary/aromatic N) is 1. The Kier molecular flexibility index (Phi) is 5.46. The summed E-state index contributed by atoms with van der Waals surface area (Å²) < 4.78 is 44.0. The molecular formula is C14H19F3N2O2. The van der Waals surface area contributed by atoms with Gasteiger partial charge in [0.25, 0.3) is 5.91 Å². The van der Waals surface area contributed by atoms with Crippen LogP contribution in [0.25, 0.3) is 0 Å². The monoisotopic (exact) mass is 304 g/mol. The molecule has 1 aromatic carbocycles. The Balaban J connectivity index is 3.00. The highest BCUT2D eigenvalue weighted by molar-refractivity contribution is 5.80. The number of benzene rings is 1. The highest BCUT2D eigenvalue weighted by Crippen LogP contribution is 2.37. The number of carbonyl (C=O) groups is 1. The van der Waals surface area contributed by atoms with Crippen molar-refractivity contribution in [1.82, 2.24) is 4.90 Å². The number of rotatable bonds is 5. The molecule has 0 heterocycles. The van der Waals surface area contributed by atoms with E-state index in [0.717, 1.165) is 12.1 Å². The Morgan fingerprint density at radius 3 is 2.38 bits per heavy atom. The number of hydrogen-bond acceptors (Lipinski definition) is 3. The third-order valence-corrected chi connectivity index (χ3v) is 3.04. The van der Waals surface area contributed by atoms with Crippen molar-refractivity contribution in [2.24, 2.45) is 0 Å². The van der Waals surface area contributed by atoms with E-state index in [1.165, 1.54) is 17.9 Å². The van der Waals surface area contributed by atoms with Gasteiger partial charge in [-0.05, 0) is 39.0 Å². The number of ether oxygens (including phenoxy) is 1. The van der Waals surface area contributed by atoms with E-state index in [9.17, 15) is 18.0 Å². The molecule has 1 rings (SSSR count). The van der Waals surface area contributed by atoms with Gasteiger partial charge in [0.2, 0.25) is 0 Å². The van der Waals surface area contributed by atoms with E-state index in [-0.39, 0.29) is 11.6 Å². The molecular weight excluding hydrogens is 285 g/mol. The molecule has 118 valence electrons. The lowest BCUT2D eigenvalue weighted by Crippen LogP contribution is -2.40. The second kappa shape index (κ2) is 6.69. The summed E-state index contributed by atoms with van der Waals surface area (Å²) in [5.41, 5.74) is 4.37. The lowest BCUT2D eigenvalue weighted by molar-refractivity contribution is -0.143. The molecule has 21 heavy (non-hydrogen) atoms. The normalized spacial score (nSPS) is 12.9. The van der Waals surface area contributed by atoms with Crippen LogP contribution in [0.1, 0.15) is 26.3 Å². The van der Waals surface area contributed by atoms with Crippen LogP contribution in [0, 0.1) is 0 Å². The molecule has 0 saturated carbocycles. The first kappa shape index (κ1) is 17.1. The van der Waals surface area contributed by atoms with Crippen LogP contribution in [-0.2, 0) is 11.0 Å². The molecule has 0 aromatic heterocycles. The van der Waals surface area contributed by atoms with Gasteiger partial charge in [0.05, 0.1) is 5.56 Å². The minimum absolute atomic E-state index is 0.0163. The van der Waals surface area contributed by atoms with Crippen molar-refractivity contribution in [3.05, 3.63) is 23.8 Å². The number of amides is 1. The maximum atomic E-state index is 12.9. The third-order valence-electron chi connectivity index (χ3n) is 3.04. The van der Waals surface area contributed by atoms with Gasteiger partial charge in [-0.25, -0.2) is 0 Å². The lowest BCUT2D eigenvalue weighted by atomic mass is 10.1. The van der Waals surface area contributed by atoms with Crippen LogP contribution in [0.4, 0.5) is 18.9 Å². The smallest absolute Gasteiger partial charge is 0.420 e. The highest BCUT2D eigenvalue weighted by Gasteiger charge is 2.35. The number of likely N-dealkylation sites (N-methyl/N-ethyl adjacent to an activating group) is 1. The Hall–Kier alpha value is -1.92. The number of carbonyl (C=O) groups excluding carboxylic acids is 1. The van der Waals surface area contributed by atoms with Gasteiger partial charge in [-0.2, -0.15) is 13.2 Å². The van der Waals surface area contributed by atoms with E-state index in [0.29, 0.717) is 13.1 Å². The largest absolute Gasteiger partial charge is 0.480 e. The van der Waals surface area contributed by atoms with Crippen molar-refractivity contribution in [2.75, 3.05) is 18.8 Å². The SMILES string of the molecule is CCN(CC)C(=O)C(C)Oc1ccc(N)cc1C(F)(F)F. The van der Waals surface area contributed by atoms with Gasteiger partial charge in [0.15, 0.2) is 6.10 Å². The molecule has 0 bridgehead atoms. The van der Waals surface area contributed by atoms with Crippen LogP contribution in [0.2, 0.25) is 0 Å². The van der Waals surface area contributed by atoms with Gasteiger partial charge in [-0.1, -0.05) is 0 Å². The maximum Gasteiger partial charge on any atom is 0.420 e. The minimum atomic E-state index is -4.59. The van der Waals surface area contributed by atoms with Crippen molar-refractivity contribution in [3.8, 4) is 5.75 Å². The topological polar surface area (TPSA) is 55.6 Å². The van der Waals surface area contributed by atoms with Crippen molar-refractivity contribution < 1.29 is 22.7 Å². The summed E-state index contributed by atoms with van der Waals surface area (Å²) in [6.07, 6.45) is -5.60. The van der Waals surface area contributed by atoms with Crippen molar-refractivity contribution in [1.29, 1.82) is 0 Å². The number of nitrogen functional groups attached to an aromatic ring is 1. The van der Waals surface area contributed by atoms with E-state index in [1.807, 2.05) is 0 Å². The lowest BCUT2D eigenvalue weighted by Gasteiger charge is -2.24. The summed E-state index contributed by atoms with van der Waals surface area (Å²) in [6, 6.07) is 3.23. The third kappa shape index (κ3) is 4.27. The number of hydrogen-bond donors (Lipinski definition) is 1. The number of nitrogens with two attached hydrogens (primary N) is 1. The van der Waals surface area contributed by atoms with Crippen LogP contribution in [0.15, 0.2) is 18.2 Å². The van der Waals surface area contributed by atoms with Gasteiger partial charge < -0.3 is 15.4 Å². The number of anilines is 1. The second-order valence-electron chi connectivity index (χ2n) is 4.52. The van der Waals surface area contributed by atoms with Gasteiger partial charge in [0, 0.05) is 18.8 Å². The van der Waals surface area contributed by atoms with Crippen LogP contribution in [0.3, 0.4) is 0 Å². The molecule has 2 N–H and O–H groups in total. The molecule has 1 unspecified atom stereocenters. The average Bonchev–Trinajstić information content (AvgIpc) is 2.40. The summed E-state index contributed by atoms with van der Waals surface area (Å²) in [6.45, 7) is 5.95. The summed E-state index contributed by atoms with van der Waals surface area (Å²) in [5.74, 6) is -0.755. The van der Waals surface area contributed by atoms with Crippen molar-refractivity contribution in [3.63, 3.8) is 0 Å². The van der Waals surface area contributed by atoms with E-state index in [2.05, 4.69) is 0 Å². The molecule has 0 radical (unpaired) electrons. The van der Waals surface area contributed by atoms with Gasteiger partial charge in [-0.3, -0.25) is 4.79 Å². The summed E-state index contributed by atoms with van der Waals surface area (Å²) in [4.78, 5) is 13.5. The molecule has 0 saturated heterocycles. The molecule has 0 aliphatic rings. The average molecular weight is 304 g/mol. The first-order chi connectivity index (χ1) is 9.70. The van der Waals surface area contributed by atoms with Gasteiger partial charge in [0.1, 0.15) is 5.75 Å². The highest BCUT2D eigenvalue weighted by atomic mass is 19.4. The Bertz CT molecular complexity index is 499. The van der Waals surface area contributed by atoms with E-state index < -0.39 is 23.6 Å². The maximum absolute atomic E-state index is 12.9. The first-order valence-corrected chi connectivity index (χ1v) is 6.62. The quantitative estimate of drug-likeness (QED) is 0.851. The molecule has 7 heteroatoms. The van der Waals surface area contributed by atoms with Crippen LogP contribution < -0.4 is 10.5 Å². The zero-order chi connectivity index (χ0) is 16.2. The molecule has 1 aromatic rings. The standard InChI is InChI=1S/C14H19F3N2O2/c1-4-19(5-2)13(20)9(3)21-12-7-6-10(18)8-11(12)14(15,16)17/h6-9H,4-5,18H2,1-3H3. The van der Waals surface area contributed by atoms with Crippen molar-refractivity contribution >= 4 is 11.6 Å². The molecule has 0 aliphatic heterocycles. The summed E-state index contributed by atoms with van der Waals surface area (Å²) >= 11 is 0. The van der Waals surface area contributed by atoms with E-state index >= 15 is 0 Å². The van der Waals surface area contributed by atoms with Gasteiger partial charge in [-0.15, -0.1) is 0 Å². The fourth-order valence-corrected chi connectivity index (χ4v) is 1.91. The zero-order valence-electron chi connectivity index (χ0n) is 12.2. The Morgan fingerprint density at radius 2 is 1.90 bits per heavy atom. The van der Waals surface area contributed by atoms with Crippen molar-refractivity contribution in [2.45, 2.75) is 33.1 Å². The zero-order valence-corrected chi connectivity index (χ0v) is 12.2.